The molecule has 34 heavy (non-hydrogen) atoms. The van der Waals surface area contributed by atoms with Gasteiger partial charge in [-0.05, 0) is 43.3 Å². The van der Waals surface area contributed by atoms with E-state index in [1.54, 1.807) is 30.3 Å². The van der Waals surface area contributed by atoms with Crippen LogP contribution >= 0.6 is 0 Å². The fourth-order valence-corrected chi connectivity index (χ4v) is 4.56. The van der Waals surface area contributed by atoms with E-state index in [-0.39, 0.29) is 4.90 Å². The van der Waals surface area contributed by atoms with Gasteiger partial charge in [0.1, 0.15) is 5.82 Å². The van der Waals surface area contributed by atoms with Crippen LogP contribution in [-0.4, -0.2) is 58.9 Å². The number of anilines is 4. The zero-order chi connectivity index (χ0) is 24.1. The summed E-state index contributed by atoms with van der Waals surface area (Å²) in [5.74, 6) is 2.10. The number of ether oxygens (including phenoxy) is 3. The number of nitrogens with zero attached hydrogens (tertiary/aromatic N) is 3. The van der Waals surface area contributed by atoms with E-state index >= 15 is 0 Å². The number of benzene rings is 2. The summed E-state index contributed by atoms with van der Waals surface area (Å²) in [4.78, 5) is 11.3. The number of methoxy groups -OCH3 is 2. The zero-order valence-corrected chi connectivity index (χ0v) is 20.1. The third kappa shape index (κ3) is 5.49. The topological polar surface area (TPSA) is 115 Å². The van der Waals surface area contributed by atoms with Crippen LogP contribution in [0.5, 0.6) is 11.5 Å². The summed E-state index contributed by atoms with van der Waals surface area (Å²) in [6.07, 6.45) is 0. The molecule has 1 aromatic heterocycles. The van der Waals surface area contributed by atoms with Crippen molar-refractivity contribution in [3.8, 4) is 11.5 Å². The van der Waals surface area contributed by atoms with Crippen LogP contribution in [0.4, 0.5) is 23.1 Å². The van der Waals surface area contributed by atoms with Crippen molar-refractivity contribution in [1.82, 2.24) is 9.97 Å². The summed E-state index contributed by atoms with van der Waals surface area (Å²) in [5, 5.41) is 3.26. The van der Waals surface area contributed by atoms with Crippen LogP contribution in [-0.2, 0) is 14.8 Å². The Bertz CT molecular complexity index is 1250. The summed E-state index contributed by atoms with van der Waals surface area (Å²) in [7, 11) is -0.862. The zero-order valence-electron chi connectivity index (χ0n) is 19.2. The second-order valence-electron chi connectivity index (χ2n) is 7.62. The van der Waals surface area contributed by atoms with Gasteiger partial charge in [-0.3, -0.25) is 4.72 Å². The molecule has 0 amide bonds. The van der Waals surface area contributed by atoms with Crippen molar-refractivity contribution in [3.63, 3.8) is 0 Å². The van der Waals surface area contributed by atoms with Gasteiger partial charge >= 0.3 is 0 Å². The average Bonchev–Trinajstić information content (AvgIpc) is 2.85. The Labute approximate surface area is 198 Å². The van der Waals surface area contributed by atoms with E-state index in [0.717, 1.165) is 24.5 Å². The maximum absolute atomic E-state index is 12.8. The molecule has 10 nitrogen and oxygen atoms in total. The van der Waals surface area contributed by atoms with Crippen molar-refractivity contribution in [2.24, 2.45) is 0 Å². The third-order valence-electron chi connectivity index (χ3n) is 5.21. The first-order valence-electron chi connectivity index (χ1n) is 10.7. The highest BCUT2D eigenvalue weighted by Gasteiger charge is 2.18. The van der Waals surface area contributed by atoms with Gasteiger partial charge in [0.05, 0.1) is 32.3 Å². The molecule has 1 saturated heterocycles. The van der Waals surface area contributed by atoms with Gasteiger partial charge in [-0.15, -0.1) is 0 Å². The van der Waals surface area contributed by atoms with Crippen molar-refractivity contribution in [2.75, 3.05) is 55.5 Å². The minimum Gasteiger partial charge on any atom is -0.493 e. The van der Waals surface area contributed by atoms with Crippen molar-refractivity contribution < 1.29 is 22.6 Å². The molecule has 0 aliphatic carbocycles. The van der Waals surface area contributed by atoms with Crippen molar-refractivity contribution >= 4 is 33.2 Å². The van der Waals surface area contributed by atoms with Crippen LogP contribution in [0.2, 0.25) is 0 Å². The fraction of sp³-hybridized carbons (Fsp3) is 0.304. The van der Waals surface area contributed by atoms with Crippen LogP contribution in [0.25, 0.3) is 0 Å². The van der Waals surface area contributed by atoms with E-state index in [0.29, 0.717) is 42.2 Å². The molecule has 0 radical (unpaired) electrons. The molecule has 2 heterocycles. The molecule has 1 aliphatic heterocycles. The minimum absolute atomic E-state index is 0.0689. The van der Waals surface area contributed by atoms with Gasteiger partial charge in [0.15, 0.2) is 11.5 Å². The van der Waals surface area contributed by atoms with E-state index in [9.17, 15) is 8.42 Å². The molecule has 180 valence electrons. The van der Waals surface area contributed by atoms with Crippen molar-refractivity contribution in [1.29, 1.82) is 0 Å². The maximum atomic E-state index is 12.8. The molecule has 2 N–H and O–H groups in total. The maximum Gasteiger partial charge on any atom is 0.262 e. The van der Waals surface area contributed by atoms with Crippen LogP contribution in [0, 0.1) is 6.92 Å². The van der Waals surface area contributed by atoms with Gasteiger partial charge in [0.25, 0.3) is 10.0 Å². The van der Waals surface area contributed by atoms with Crippen molar-refractivity contribution in [2.45, 2.75) is 11.8 Å². The Kier molecular flexibility index (Phi) is 7.03. The Morgan fingerprint density at radius 3 is 2.26 bits per heavy atom. The first-order chi connectivity index (χ1) is 16.4. The summed E-state index contributed by atoms with van der Waals surface area (Å²) in [6.45, 7) is 4.72. The molecule has 0 bridgehead atoms. The second kappa shape index (κ2) is 10.1. The summed E-state index contributed by atoms with van der Waals surface area (Å²) in [5.41, 5.74) is 2.03. The van der Waals surface area contributed by atoms with Crippen LogP contribution in [0.3, 0.4) is 0 Å². The van der Waals surface area contributed by atoms with Crippen LogP contribution < -0.4 is 24.4 Å². The fourth-order valence-electron chi connectivity index (χ4n) is 3.49. The van der Waals surface area contributed by atoms with Crippen molar-refractivity contribution in [3.05, 3.63) is 54.2 Å². The highest BCUT2D eigenvalue weighted by Crippen LogP contribution is 2.30. The molecule has 2 aromatic carbocycles. The van der Waals surface area contributed by atoms with E-state index in [2.05, 4.69) is 24.9 Å². The quantitative estimate of drug-likeness (QED) is 0.496. The lowest BCUT2D eigenvalue weighted by atomic mass is 10.3. The van der Waals surface area contributed by atoms with Gasteiger partial charge < -0.3 is 24.4 Å². The lowest BCUT2D eigenvalue weighted by Crippen LogP contribution is -2.37. The number of rotatable bonds is 8. The lowest BCUT2D eigenvalue weighted by molar-refractivity contribution is 0.122. The summed E-state index contributed by atoms with van der Waals surface area (Å²) < 4.78 is 44.0. The second-order valence-corrected chi connectivity index (χ2v) is 9.30. The van der Waals surface area contributed by atoms with Gasteiger partial charge in [-0.25, -0.2) is 13.4 Å². The van der Waals surface area contributed by atoms with Gasteiger partial charge in [-0.2, -0.15) is 4.98 Å². The summed E-state index contributed by atoms with van der Waals surface area (Å²) in [6, 6.07) is 13.2. The molecular formula is C23H27N5O5S. The Balaban J connectivity index is 1.47. The van der Waals surface area contributed by atoms with Crippen LogP contribution in [0.1, 0.15) is 5.69 Å². The molecule has 1 aliphatic rings. The van der Waals surface area contributed by atoms with Gasteiger partial charge in [0, 0.05) is 42.3 Å². The largest absolute Gasteiger partial charge is 0.493 e. The highest BCUT2D eigenvalue weighted by atomic mass is 32.2. The highest BCUT2D eigenvalue weighted by molar-refractivity contribution is 7.92. The number of morpholine rings is 1. The smallest absolute Gasteiger partial charge is 0.262 e. The van der Waals surface area contributed by atoms with E-state index in [1.165, 1.54) is 26.4 Å². The molecule has 0 atom stereocenters. The summed E-state index contributed by atoms with van der Waals surface area (Å²) >= 11 is 0. The number of hydrogen-bond donors (Lipinski definition) is 2. The molecule has 3 aromatic rings. The predicted octanol–water partition coefficient (Wildman–Crippen LogP) is 3.18. The van der Waals surface area contributed by atoms with E-state index < -0.39 is 10.0 Å². The number of hydrogen-bond acceptors (Lipinski definition) is 9. The Hall–Kier alpha value is -3.57. The SMILES string of the molecule is COc1ccc(S(=O)(=O)Nc2ccc(Nc3cc(C)nc(N4CCOCC4)n3)cc2)cc1OC. The molecule has 4 rings (SSSR count). The first kappa shape index (κ1) is 23.6. The van der Waals surface area contributed by atoms with E-state index in [4.69, 9.17) is 14.2 Å². The van der Waals surface area contributed by atoms with E-state index in [1.807, 2.05) is 13.0 Å². The molecule has 0 unspecified atom stereocenters. The minimum atomic E-state index is -3.81. The van der Waals surface area contributed by atoms with Gasteiger partial charge in [-0.1, -0.05) is 0 Å². The normalized spacial score (nSPS) is 13.9. The van der Waals surface area contributed by atoms with Crippen LogP contribution in [0.15, 0.2) is 53.4 Å². The Morgan fingerprint density at radius 1 is 0.912 bits per heavy atom. The number of aryl methyl sites for hydroxylation is 1. The first-order valence-corrected chi connectivity index (χ1v) is 12.2. The molecule has 0 saturated carbocycles. The predicted molar refractivity (Wildman–Crippen MR) is 130 cm³/mol. The molecule has 1 fully saturated rings. The van der Waals surface area contributed by atoms with Gasteiger partial charge in [0.2, 0.25) is 5.95 Å². The number of aromatic nitrogens is 2. The molecular weight excluding hydrogens is 458 g/mol. The monoisotopic (exact) mass is 485 g/mol. The standard InChI is InChI=1S/C23H27N5O5S/c1-16-14-22(26-23(24-16)28-10-12-33-13-11-28)25-17-4-6-18(7-5-17)27-34(29,30)19-8-9-20(31-2)21(15-19)32-3/h4-9,14-15,27H,10-13H2,1-3H3,(H,24,25,26). The third-order valence-corrected chi connectivity index (χ3v) is 6.59. The lowest BCUT2D eigenvalue weighted by Gasteiger charge is -2.27. The number of nitrogens with one attached hydrogen (secondary N) is 2. The Morgan fingerprint density at radius 2 is 1.59 bits per heavy atom. The average molecular weight is 486 g/mol. The molecule has 11 heteroatoms. The molecule has 0 spiro atoms. The number of sulfonamides is 1.